The number of hydrogen-bond acceptors (Lipinski definition) is 3. The first kappa shape index (κ1) is 10.2. The largest absolute Gasteiger partial charge is 0.462 e. The molecule has 0 aliphatic heterocycles. The van der Waals surface area contributed by atoms with Gasteiger partial charge in [-0.15, -0.1) is 0 Å². The summed E-state index contributed by atoms with van der Waals surface area (Å²) < 4.78 is 5.05. The quantitative estimate of drug-likeness (QED) is 0.522. The number of rotatable bonds is 3. The van der Waals surface area contributed by atoms with Crippen molar-refractivity contribution in [3.8, 4) is 6.07 Å². The number of ether oxygens (including phenoxy) is 1. The predicted molar refractivity (Wildman–Crippen MR) is 54.6 cm³/mol. The lowest BCUT2D eigenvalue weighted by Gasteiger charge is -2.24. The summed E-state index contributed by atoms with van der Waals surface area (Å²) in [6.07, 6.45) is 4.50. The Kier molecular flexibility index (Phi) is 2.77. The van der Waals surface area contributed by atoms with Crippen LogP contribution in [0.15, 0.2) is 12.7 Å². The van der Waals surface area contributed by atoms with Gasteiger partial charge in [0.2, 0.25) is 0 Å². The van der Waals surface area contributed by atoms with Gasteiger partial charge in [-0.2, -0.15) is 5.26 Å². The Morgan fingerprint density at radius 1 is 1.53 bits per heavy atom. The zero-order valence-corrected chi connectivity index (χ0v) is 8.69. The first-order chi connectivity index (χ1) is 7.24. The number of nitrogens with zero attached hydrogens (tertiary/aromatic N) is 1. The van der Waals surface area contributed by atoms with Gasteiger partial charge in [0, 0.05) is 12.0 Å². The molecule has 3 nitrogen and oxygen atoms in total. The smallest absolute Gasteiger partial charge is 0.330 e. The maximum Gasteiger partial charge on any atom is 0.330 e. The lowest BCUT2D eigenvalue weighted by Crippen LogP contribution is -2.24. The third-order valence-corrected chi connectivity index (χ3v) is 3.72. The van der Waals surface area contributed by atoms with E-state index in [2.05, 4.69) is 12.6 Å². The van der Waals surface area contributed by atoms with Crippen LogP contribution in [0.1, 0.15) is 19.3 Å². The van der Waals surface area contributed by atoms with Gasteiger partial charge in [-0.1, -0.05) is 6.58 Å². The molecule has 0 N–H and O–H groups in total. The fourth-order valence-electron chi connectivity index (χ4n) is 3.08. The molecule has 80 valence electrons. The topological polar surface area (TPSA) is 50.1 Å². The van der Waals surface area contributed by atoms with Crippen LogP contribution in [0.2, 0.25) is 0 Å². The van der Waals surface area contributed by atoms with E-state index >= 15 is 0 Å². The van der Waals surface area contributed by atoms with Crippen molar-refractivity contribution in [2.45, 2.75) is 19.3 Å². The summed E-state index contributed by atoms with van der Waals surface area (Å²) in [5, 5.41) is 8.96. The zero-order valence-electron chi connectivity index (χ0n) is 8.69. The summed E-state index contributed by atoms with van der Waals surface area (Å²) in [5.41, 5.74) is 0. The van der Waals surface area contributed by atoms with Gasteiger partial charge in [0.15, 0.2) is 0 Å². The van der Waals surface area contributed by atoms with Gasteiger partial charge >= 0.3 is 5.97 Å². The third kappa shape index (κ3) is 1.90. The lowest BCUT2D eigenvalue weighted by atomic mass is 9.82. The van der Waals surface area contributed by atoms with E-state index in [1.165, 1.54) is 6.08 Å². The Morgan fingerprint density at radius 3 is 2.93 bits per heavy atom. The molecule has 4 unspecified atom stereocenters. The summed E-state index contributed by atoms with van der Waals surface area (Å²) >= 11 is 0. The molecule has 2 aliphatic carbocycles. The highest BCUT2D eigenvalue weighted by molar-refractivity contribution is 5.81. The first-order valence-corrected chi connectivity index (χ1v) is 5.43. The summed E-state index contributed by atoms with van der Waals surface area (Å²) in [7, 11) is 0. The molecule has 4 atom stereocenters. The van der Waals surface area contributed by atoms with Crippen LogP contribution in [0.3, 0.4) is 0 Å². The highest BCUT2D eigenvalue weighted by Crippen LogP contribution is 2.51. The summed E-state index contributed by atoms with van der Waals surface area (Å²) in [6, 6.07) is 2.37. The van der Waals surface area contributed by atoms with Crippen molar-refractivity contribution in [1.29, 1.82) is 5.26 Å². The molecule has 0 amide bonds. The number of hydrogen-bond donors (Lipinski definition) is 0. The average Bonchev–Trinajstić information content (AvgIpc) is 2.84. The maximum absolute atomic E-state index is 10.9. The van der Waals surface area contributed by atoms with Crippen molar-refractivity contribution >= 4 is 5.97 Å². The summed E-state index contributed by atoms with van der Waals surface area (Å²) in [5.74, 6) is 1.38. The normalized spacial score (nSPS) is 37.3. The molecule has 0 saturated heterocycles. The van der Waals surface area contributed by atoms with E-state index in [1.807, 2.05) is 0 Å². The number of esters is 1. The van der Waals surface area contributed by atoms with Gasteiger partial charge in [-0.25, -0.2) is 4.79 Å². The van der Waals surface area contributed by atoms with E-state index in [9.17, 15) is 4.79 Å². The monoisotopic (exact) mass is 205 g/mol. The van der Waals surface area contributed by atoms with Gasteiger partial charge in [-0.05, 0) is 37.0 Å². The molecular weight excluding hydrogens is 190 g/mol. The number of carbonyl (C=O) groups excluding carboxylic acids is 1. The molecule has 0 aromatic carbocycles. The van der Waals surface area contributed by atoms with Gasteiger partial charge in [0.1, 0.15) is 0 Å². The highest BCUT2D eigenvalue weighted by atomic mass is 16.5. The molecule has 2 bridgehead atoms. The molecule has 2 saturated carbocycles. The fourth-order valence-corrected chi connectivity index (χ4v) is 3.08. The summed E-state index contributed by atoms with van der Waals surface area (Å²) in [4.78, 5) is 10.9. The molecular formula is C12H15NO2. The van der Waals surface area contributed by atoms with Crippen molar-refractivity contribution in [3.63, 3.8) is 0 Å². The van der Waals surface area contributed by atoms with Gasteiger partial charge < -0.3 is 4.74 Å². The Balaban J connectivity index is 1.88. The van der Waals surface area contributed by atoms with Crippen molar-refractivity contribution in [1.82, 2.24) is 0 Å². The van der Waals surface area contributed by atoms with Crippen molar-refractivity contribution in [2.24, 2.45) is 23.7 Å². The van der Waals surface area contributed by atoms with Gasteiger partial charge in [0.25, 0.3) is 0 Å². The Labute approximate surface area is 89.7 Å². The molecule has 0 heterocycles. The van der Waals surface area contributed by atoms with E-state index in [-0.39, 0.29) is 11.9 Å². The standard InChI is InChI=1S/C12H15NO2/c1-2-12(14)15-7-10-4-8-3-9(6-13)11(10)5-8/h2,8-11H,1,3-5,7H2. The average molecular weight is 205 g/mol. The fraction of sp³-hybridized carbons (Fsp3) is 0.667. The predicted octanol–water partition coefficient (Wildman–Crippen LogP) is 1.90. The number of fused-ring (bicyclic) bond motifs is 2. The minimum absolute atomic E-state index is 0.191. The lowest BCUT2D eigenvalue weighted by molar-refractivity contribution is -0.139. The Bertz CT molecular complexity index is 318. The minimum Gasteiger partial charge on any atom is -0.462 e. The SMILES string of the molecule is C=CC(=O)OCC1CC2CC(C#N)C1C2. The van der Waals surface area contributed by atoms with E-state index in [0.29, 0.717) is 24.4 Å². The van der Waals surface area contributed by atoms with Crippen LogP contribution in [0.4, 0.5) is 0 Å². The first-order valence-electron chi connectivity index (χ1n) is 5.43. The van der Waals surface area contributed by atoms with Crippen LogP contribution in [0, 0.1) is 35.0 Å². The van der Waals surface area contributed by atoms with Crippen LogP contribution < -0.4 is 0 Å². The van der Waals surface area contributed by atoms with Crippen molar-refractivity contribution in [3.05, 3.63) is 12.7 Å². The molecule has 0 aromatic rings. The minimum atomic E-state index is -0.355. The van der Waals surface area contributed by atoms with E-state index < -0.39 is 0 Å². The molecule has 0 spiro atoms. The van der Waals surface area contributed by atoms with E-state index in [0.717, 1.165) is 19.3 Å². The Hall–Kier alpha value is -1.30. The van der Waals surface area contributed by atoms with E-state index in [4.69, 9.17) is 10.00 Å². The molecule has 2 aliphatic rings. The molecule has 0 radical (unpaired) electrons. The number of nitriles is 1. The van der Waals surface area contributed by atoms with E-state index in [1.54, 1.807) is 0 Å². The Morgan fingerprint density at radius 2 is 2.33 bits per heavy atom. The molecule has 2 rings (SSSR count). The zero-order chi connectivity index (χ0) is 10.8. The van der Waals surface area contributed by atoms with Crippen LogP contribution >= 0.6 is 0 Å². The van der Waals surface area contributed by atoms with Crippen LogP contribution in [0.25, 0.3) is 0 Å². The van der Waals surface area contributed by atoms with Gasteiger partial charge in [-0.3, -0.25) is 0 Å². The molecule has 0 aromatic heterocycles. The van der Waals surface area contributed by atoms with Gasteiger partial charge in [0.05, 0.1) is 12.7 Å². The molecule has 3 heteroatoms. The number of carbonyl (C=O) groups is 1. The second-order valence-corrected chi connectivity index (χ2v) is 4.57. The second kappa shape index (κ2) is 4.06. The van der Waals surface area contributed by atoms with Crippen LogP contribution in [-0.4, -0.2) is 12.6 Å². The molecule has 2 fully saturated rings. The highest BCUT2D eigenvalue weighted by Gasteiger charge is 2.46. The second-order valence-electron chi connectivity index (χ2n) is 4.57. The summed E-state index contributed by atoms with van der Waals surface area (Å²) in [6.45, 7) is 3.82. The molecule has 15 heavy (non-hydrogen) atoms. The maximum atomic E-state index is 10.9. The third-order valence-electron chi connectivity index (χ3n) is 3.72. The van der Waals surface area contributed by atoms with Crippen molar-refractivity contribution in [2.75, 3.05) is 6.61 Å². The van der Waals surface area contributed by atoms with Crippen LogP contribution in [-0.2, 0) is 9.53 Å². The van der Waals surface area contributed by atoms with Crippen LogP contribution in [0.5, 0.6) is 0 Å². The van der Waals surface area contributed by atoms with Crippen molar-refractivity contribution < 1.29 is 9.53 Å².